The maximum Gasteiger partial charge on any atom is 0.255 e. The second-order valence-corrected chi connectivity index (χ2v) is 5.43. The number of hydrogen-bond acceptors (Lipinski definition) is 2. The van der Waals surface area contributed by atoms with Gasteiger partial charge in [0.1, 0.15) is 0 Å². The van der Waals surface area contributed by atoms with Crippen LogP contribution < -0.4 is 10.6 Å². The SMILES string of the molecule is Cc1cc(C)cc(NC(=O)c2ccc3c(c2)CC(=O)N3)c1. The molecule has 4 heteroatoms. The molecular formula is C17H16N2O2. The Balaban J connectivity index is 1.83. The molecule has 0 fully saturated rings. The standard InChI is InChI=1S/C17H16N2O2/c1-10-5-11(2)7-14(6-10)18-17(21)12-3-4-15-13(8-12)9-16(20)19-15/h3-8H,9H2,1-2H3,(H,18,21)(H,19,20). The predicted molar refractivity (Wildman–Crippen MR) is 82.6 cm³/mol. The highest BCUT2D eigenvalue weighted by Gasteiger charge is 2.19. The summed E-state index contributed by atoms with van der Waals surface area (Å²) in [5, 5.41) is 5.66. The minimum absolute atomic E-state index is 0.0307. The summed E-state index contributed by atoms with van der Waals surface area (Å²) in [5.41, 5.74) is 5.22. The molecule has 0 atom stereocenters. The molecule has 0 radical (unpaired) electrons. The van der Waals surface area contributed by atoms with Crippen LogP contribution in [0.2, 0.25) is 0 Å². The van der Waals surface area contributed by atoms with E-state index in [4.69, 9.17) is 0 Å². The minimum Gasteiger partial charge on any atom is -0.326 e. The molecule has 0 spiro atoms. The van der Waals surface area contributed by atoms with Gasteiger partial charge in [0.25, 0.3) is 5.91 Å². The number of fused-ring (bicyclic) bond motifs is 1. The Morgan fingerprint density at radius 3 is 2.52 bits per heavy atom. The number of rotatable bonds is 2. The molecule has 1 heterocycles. The lowest BCUT2D eigenvalue weighted by Gasteiger charge is -2.08. The van der Waals surface area contributed by atoms with Crippen LogP contribution in [0, 0.1) is 13.8 Å². The summed E-state index contributed by atoms with van der Waals surface area (Å²) in [6.45, 7) is 3.99. The molecule has 0 aliphatic carbocycles. The van der Waals surface area contributed by atoms with E-state index in [-0.39, 0.29) is 11.8 Å². The molecule has 0 bridgehead atoms. The average molecular weight is 280 g/mol. The van der Waals surface area contributed by atoms with E-state index in [0.717, 1.165) is 28.1 Å². The summed E-state index contributed by atoms with van der Waals surface area (Å²) in [6.07, 6.45) is 0.333. The van der Waals surface area contributed by atoms with Crippen LogP contribution in [0.15, 0.2) is 36.4 Å². The van der Waals surface area contributed by atoms with Crippen LogP contribution >= 0.6 is 0 Å². The fourth-order valence-electron chi connectivity index (χ4n) is 2.62. The molecule has 3 rings (SSSR count). The number of carbonyl (C=O) groups is 2. The topological polar surface area (TPSA) is 58.2 Å². The van der Waals surface area contributed by atoms with Gasteiger partial charge in [-0.2, -0.15) is 0 Å². The number of amides is 2. The lowest BCUT2D eigenvalue weighted by molar-refractivity contribution is -0.115. The van der Waals surface area contributed by atoms with E-state index in [0.29, 0.717) is 12.0 Å². The summed E-state index contributed by atoms with van der Waals surface area (Å²) >= 11 is 0. The van der Waals surface area contributed by atoms with Crippen molar-refractivity contribution in [3.63, 3.8) is 0 Å². The van der Waals surface area contributed by atoms with Crippen molar-refractivity contribution in [2.45, 2.75) is 20.3 Å². The number of carbonyl (C=O) groups excluding carboxylic acids is 2. The van der Waals surface area contributed by atoms with Crippen LogP contribution in [0.25, 0.3) is 0 Å². The van der Waals surface area contributed by atoms with Crippen LogP contribution in [-0.2, 0) is 11.2 Å². The van der Waals surface area contributed by atoms with Gasteiger partial charge in [-0.1, -0.05) is 6.07 Å². The Bertz CT molecular complexity index is 730. The largest absolute Gasteiger partial charge is 0.326 e. The van der Waals surface area contributed by atoms with Crippen LogP contribution in [0.4, 0.5) is 11.4 Å². The van der Waals surface area contributed by atoms with E-state index in [9.17, 15) is 9.59 Å². The molecule has 2 N–H and O–H groups in total. The Morgan fingerprint density at radius 1 is 1.10 bits per heavy atom. The zero-order chi connectivity index (χ0) is 15.0. The summed E-state index contributed by atoms with van der Waals surface area (Å²) in [5.74, 6) is -0.195. The van der Waals surface area contributed by atoms with E-state index in [1.165, 1.54) is 0 Å². The van der Waals surface area contributed by atoms with Gasteiger partial charge in [0.15, 0.2) is 0 Å². The molecule has 1 aliphatic heterocycles. The zero-order valence-corrected chi connectivity index (χ0v) is 12.0. The van der Waals surface area contributed by atoms with Crippen molar-refractivity contribution in [1.82, 2.24) is 0 Å². The summed E-state index contributed by atoms with van der Waals surface area (Å²) in [4.78, 5) is 23.6. The van der Waals surface area contributed by atoms with Crippen molar-refractivity contribution in [3.05, 3.63) is 58.7 Å². The van der Waals surface area contributed by atoms with Crippen molar-refractivity contribution in [1.29, 1.82) is 0 Å². The van der Waals surface area contributed by atoms with Gasteiger partial charge < -0.3 is 10.6 Å². The minimum atomic E-state index is -0.165. The third-order valence-electron chi connectivity index (χ3n) is 3.47. The fraction of sp³-hybridized carbons (Fsp3) is 0.176. The fourth-order valence-corrected chi connectivity index (χ4v) is 2.62. The summed E-state index contributed by atoms with van der Waals surface area (Å²) in [7, 11) is 0. The van der Waals surface area contributed by atoms with Crippen LogP contribution in [0.3, 0.4) is 0 Å². The number of hydrogen-bond donors (Lipinski definition) is 2. The van der Waals surface area contributed by atoms with Gasteiger partial charge in [-0.25, -0.2) is 0 Å². The molecule has 0 unspecified atom stereocenters. The Morgan fingerprint density at radius 2 is 1.81 bits per heavy atom. The Kier molecular flexibility index (Phi) is 3.22. The lowest BCUT2D eigenvalue weighted by Crippen LogP contribution is -2.12. The molecule has 0 saturated carbocycles. The predicted octanol–water partition coefficient (Wildman–Crippen LogP) is 3.05. The van der Waals surface area contributed by atoms with Gasteiger partial charge in [0.05, 0.1) is 6.42 Å². The maximum absolute atomic E-state index is 12.3. The van der Waals surface area contributed by atoms with E-state index >= 15 is 0 Å². The van der Waals surface area contributed by atoms with E-state index in [2.05, 4.69) is 16.7 Å². The van der Waals surface area contributed by atoms with E-state index in [1.807, 2.05) is 26.0 Å². The highest BCUT2D eigenvalue weighted by Crippen LogP contribution is 2.24. The van der Waals surface area contributed by atoms with Crippen molar-refractivity contribution in [2.75, 3.05) is 10.6 Å². The number of benzene rings is 2. The third kappa shape index (κ3) is 2.79. The van der Waals surface area contributed by atoms with Crippen molar-refractivity contribution in [2.24, 2.45) is 0 Å². The van der Waals surface area contributed by atoms with Crippen LogP contribution in [0.5, 0.6) is 0 Å². The van der Waals surface area contributed by atoms with Crippen LogP contribution in [-0.4, -0.2) is 11.8 Å². The number of aryl methyl sites for hydroxylation is 2. The normalized spacial score (nSPS) is 12.8. The van der Waals surface area contributed by atoms with Gasteiger partial charge in [0, 0.05) is 16.9 Å². The van der Waals surface area contributed by atoms with Crippen molar-refractivity contribution in [3.8, 4) is 0 Å². The van der Waals surface area contributed by atoms with Gasteiger partial charge in [0.2, 0.25) is 5.91 Å². The van der Waals surface area contributed by atoms with Crippen molar-refractivity contribution < 1.29 is 9.59 Å². The van der Waals surface area contributed by atoms with Crippen molar-refractivity contribution >= 4 is 23.2 Å². The average Bonchev–Trinajstić information content (AvgIpc) is 2.76. The molecule has 4 nitrogen and oxygen atoms in total. The number of nitrogens with one attached hydrogen (secondary N) is 2. The first-order valence-electron chi connectivity index (χ1n) is 6.84. The first-order chi connectivity index (χ1) is 10.0. The van der Waals surface area contributed by atoms with Gasteiger partial charge >= 0.3 is 0 Å². The van der Waals surface area contributed by atoms with Crippen LogP contribution in [0.1, 0.15) is 27.0 Å². The first kappa shape index (κ1) is 13.4. The Hall–Kier alpha value is -2.62. The molecule has 1 aliphatic rings. The molecule has 21 heavy (non-hydrogen) atoms. The summed E-state index contributed by atoms with van der Waals surface area (Å²) in [6, 6.07) is 11.2. The zero-order valence-electron chi connectivity index (χ0n) is 12.0. The lowest BCUT2D eigenvalue weighted by atomic mass is 10.1. The maximum atomic E-state index is 12.3. The highest BCUT2D eigenvalue weighted by atomic mass is 16.2. The summed E-state index contributed by atoms with van der Waals surface area (Å²) < 4.78 is 0. The first-order valence-corrected chi connectivity index (χ1v) is 6.84. The number of anilines is 2. The molecule has 2 aromatic rings. The van der Waals surface area contributed by atoms with Gasteiger partial charge in [-0.15, -0.1) is 0 Å². The van der Waals surface area contributed by atoms with E-state index < -0.39 is 0 Å². The molecule has 0 aromatic heterocycles. The molecule has 0 saturated heterocycles. The van der Waals surface area contributed by atoms with Gasteiger partial charge in [-0.05, 0) is 60.9 Å². The quantitative estimate of drug-likeness (QED) is 0.888. The second kappa shape index (κ2) is 5.05. The van der Waals surface area contributed by atoms with Gasteiger partial charge in [-0.3, -0.25) is 9.59 Å². The second-order valence-electron chi connectivity index (χ2n) is 5.43. The highest BCUT2D eigenvalue weighted by molar-refractivity contribution is 6.06. The third-order valence-corrected chi connectivity index (χ3v) is 3.47. The molecular weight excluding hydrogens is 264 g/mol. The smallest absolute Gasteiger partial charge is 0.255 e. The molecule has 106 valence electrons. The van der Waals surface area contributed by atoms with E-state index in [1.54, 1.807) is 18.2 Å². The monoisotopic (exact) mass is 280 g/mol. The molecule has 2 aromatic carbocycles. The molecule has 2 amide bonds. The Labute approximate surface area is 123 Å².